The lowest BCUT2D eigenvalue weighted by Gasteiger charge is -2.05. The molecule has 0 amide bonds. The summed E-state index contributed by atoms with van der Waals surface area (Å²) in [5.74, 6) is 1.56. The van der Waals surface area contributed by atoms with Crippen LogP contribution in [0.1, 0.15) is 50.4 Å². The van der Waals surface area contributed by atoms with E-state index in [-0.39, 0.29) is 32.4 Å². The molecule has 2 aromatic rings. The minimum atomic E-state index is 0. The molecule has 1 aliphatic carbocycles. The van der Waals surface area contributed by atoms with Gasteiger partial charge in [0.25, 0.3) is 0 Å². The largest absolute Gasteiger partial charge is 0.384 e. The van der Waals surface area contributed by atoms with Crippen LogP contribution in [-0.4, -0.2) is 9.97 Å². The maximum atomic E-state index is 8.39. The number of anilines is 2. The van der Waals surface area contributed by atoms with Crippen LogP contribution in [0.4, 0.5) is 11.6 Å². The van der Waals surface area contributed by atoms with Crippen molar-refractivity contribution in [2.75, 3.05) is 11.5 Å². The van der Waals surface area contributed by atoms with Gasteiger partial charge in [-0.25, -0.2) is 9.97 Å². The molecule has 3 rings (SSSR count). The van der Waals surface area contributed by atoms with Crippen LogP contribution in [0.5, 0.6) is 0 Å². The average Bonchev–Trinajstić information content (AvgIpc) is 3.32. The maximum Gasteiger partial charge on any atom is 0.149 e. The molecule has 6 nitrogen and oxygen atoms in total. The molecular formula is C17H26Cl2N6. The molecule has 6 N–H and O–H groups in total. The van der Waals surface area contributed by atoms with E-state index in [0.29, 0.717) is 29.7 Å². The van der Waals surface area contributed by atoms with Gasteiger partial charge in [-0.15, -0.1) is 12.4 Å². The highest BCUT2D eigenvalue weighted by atomic mass is 35.5. The molecule has 0 unspecified atom stereocenters. The minimum Gasteiger partial charge on any atom is -0.384 e. The number of hydrogen-bond acceptors (Lipinski definition) is 6. The highest BCUT2D eigenvalue weighted by Crippen LogP contribution is 2.40. The Morgan fingerprint density at radius 3 is 2.12 bits per heavy atom. The molecule has 0 aliphatic heterocycles. The normalized spacial score (nSPS) is 11.4. The fourth-order valence-corrected chi connectivity index (χ4v) is 2.14. The molecule has 138 valence electrons. The molecule has 8 heteroatoms. The van der Waals surface area contributed by atoms with Crippen molar-refractivity contribution in [3.63, 3.8) is 0 Å². The summed E-state index contributed by atoms with van der Waals surface area (Å²) < 4.78 is 0. The molecule has 0 spiro atoms. The Balaban J connectivity index is 0. The lowest BCUT2D eigenvalue weighted by molar-refractivity contribution is 0.940. The quantitative estimate of drug-likeness (QED) is 0.673. The Kier molecular flexibility index (Phi) is 11.6. The second-order valence-electron chi connectivity index (χ2n) is 4.95. The van der Waals surface area contributed by atoms with Gasteiger partial charge in [-0.1, -0.05) is 32.5 Å². The second kappa shape index (κ2) is 11.5. The first-order chi connectivity index (χ1) is 10.5. The third-order valence-corrected chi connectivity index (χ3v) is 3.50. The topological polar surface area (TPSA) is 128 Å². The van der Waals surface area contributed by atoms with Crippen LogP contribution in [0, 0.1) is 11.3 Å². The molecule has 0 saturated heterocycles. The summed E-state index contributed by atoms with van der Waals surface area (Å²) in [6.07, 6.45) is 2.48. The molecule has 0 aromatic carbocycles. The Labute approximate surface area is 160 Å². The van der Waals surface area contributed by atoms with Gasteiger partial charge in [-0.05, 0) is 36.6 Å². The van der Waals surface area contributed by atoms with Crippen LogP contribution in [0.2, 0.25) is 5.15 Å². The van der Waals surface area contributed by atoms with Crippen molar-refractivity contribution in [2.24, 2.45) is 5.73 Å². The van der Waals surface area contributed by atoms with Crippen molar-refractivity contribution >= 4 is 35.6 Å². The maximum absolute atomic E-state index is 8.39. The summed E-state index contributed by atoms with van der Waals surface area (Å²) in [6.45, 7) is 0.569. The first-order valence-electron chi connectivity index (χ1n) is 6.82. The number of pyridine rings is 2. The van der Waals surface area contributed by atoms with Crippen LogP contribution in [0.3, 0.4) is 0 Å². The van der Waals surface area contributed by atoms with Gasteiger partial charge in [0.2, 0.25) is 0 Å². The fraction of sp³-hybridized carbons (Fsp3) is 0.353. The molecule has 2 heterocycles. The highest BCUT2D eigenvalue weighted by molar-refractivity contribution is 6.30. The molecule has 2 aromatic heterocycles. The molecule has 1 saturated carbocycles. The van der Waals surface area contributed by atoms with Crippen molar-refractivity contribution < 1.29 is 0 Å². The summed E-state index contributed by atoms with van der Waals surface area (Å²) in [6, 6.07) is 8.73. The number of nitrogens with two attached hydrogens (primary N) is 3. The molecular weight excluding hydrogens is 359 g/mol. The molecule has 1 fully saturated rings. The van der Waals surface area contributed by atoms with Crippen LogP contribution < -0.4 is 17.2 Å². The standard InChI is InChI=1S/C9H13N3.C6H4ClN3.2CH4.ClH/c10-5-7-3-4-8(11)12-9(7)6-1-2-6;7-6-4(3-8)1-2-5(9)10-6;;;/h3-4,6H,1-2,5,10H2,(H2,11,12);1-2H,(H2,9,10);2*1H4;1H. The number of halogens is 2. The van der Waals surface area contributed by atoms with Crippen LogP contribution in [0.25, 0.3) is 0 Å². The van der Waals surface area contributed by atoms with Gasteiger partial charge in [0, 0.05) is 12.5 Å². The lowest BCUT2D eigenvalue weighted by atomic mass is 10.1. The molecule has 0 atom stereocenters. The smallest absolute Gasteiger partial charge is 0.149 e. The van der Waals surface area contributed by atoms with Crippen molar-refractivity contribution in [1.29, 1.82) is 5.26 Å². The number of aromatic nitrogens is 2. The predicted octanol–water partition coefficient (Wildman–Crippen LogP) is 3.88. The number of nitriles is 1. The summed E-state index contributed by atoms with van der Waals surface area (Å²) in [5.41, 5.74) is 19.1. The first kappa shape index (κ1) is 25.2. The molecule has 1 aliphatic rings. The molecule has 0 bridgehead atoms. The third-order valence-electron chi connectivity index (χ3n) is 3.21. The van der Waals surface area contributed by atoms with Crippen molar-refractivity contribution in [3.05, 3.63) is 46.2 Å². The van der Waals surface area contributed by atoms with Gasteiger partial charge in [0.15, 0.2) is 0 Å². The van der Waals surface area contributed by atoms with E-state index >= 15 is 0 Å². The van der Waals surface area contributed by atoms with Crippen LogP contribution in [-0.2, 0) is 6.54 Å². The van der Waals surface area contributed by atoms with E-state index < -0.39 is 0 Å². The number of rotatable bonds is 2. The zero-order chi connectivity index (χ0) is 16.1. The third kappa shape index (κ3) is 7.14. The Hall–Kier alpha value is -2.07. The van der Waals surface area contributed by atoms with Crippen molar-refractivity contribution in [3.8, 4) is 6.07 Å². The van der Waals surface area contributed by atoms with Crippen molar-refractivity contribution in [1.82, 2.24) is 9.97 Å². The summed E-state index contributed by atoms with van der Waals surface area (Å²) in [4.78, 5) is 7.97. The first-order valence-corrected chi connectivity index (χ1v) is 7.20. The van der Waals surface area contributed by atoms with Crippen LogP contribution >= 0.6 is 24.0 Å². The van der Waals surface area contributed by atoms with E-state index in [4.69, 9.17) is 34.1 Å². The van der Waals surface area contributed by atoms with E-state index in [1.165, 1.54) is 25.0 Å². The van der Waals surface area contributed by atoms with Gasteiger partial charge >= 0.3 is 0 Å². The summed E-state index contributed by atoms with van der Waals surface area (Å²) >= 11 is 5.52. The number of nitrogens with zero attached hydrogens (tertiary/aromatic N) is 3. The Morgan fingerprint density at radius 2 is 1.64 bits per heavy atom. The number of nitrogen functional groups attached to an aromatic ring is 2. The van der Waals surface area contributed by atoms with E-state index in [0.717, 1.165) is 11.3 Å². The summed E-state index contributed by atoms with van der Waals surface area (Å²) in [5, 5.41) is 8.55. The SMILES string of the molecule is C.C.Cl.N#Cc1ccc(N)nc1Cl.NCc1ccc(N)nc1C1CC1. The highest BCUT2D eigenvalue weighted by Gasteiger charge is 2.27. The van der Waals surface area contributed by atoms with E-state index in [9.17, 15) is 0 Å². The van der Waals surface area contributed by atoms with Crippen molar-refractivity contribution in [2.45, 2.75) is 40.2 Å². The van der Waals surface area contributed by atoms with Gasteiger partial charge < -0.3 is 17.2 Å². The predicted molar refractivity (Wildman–Crippen MR) is 108 cm³/mol. The van der Waals surface area contributed by atoms with Gasteiger partial charge in [0.1, 0.15) is 22.9 Å². The molecule has 0 radical (unpaired) electrons. The van der Waals surface area contributed by atoms with Gasteiger partial charge in [-0.3, -0.25) is 0 Å². The lowest BCUT2D eigenvalue weighted by Crippen LogP contribution is -2.04. The zero-order valence-corrected chi connectivity index (χ0v) is 13.9. The van der Waals surface area contributed by atoms with Gasteiger partial charge in [0.05, 0.1) is 11.3 Å². The zero-order valence-electron chi connectivity index (χ0n) is 12.4. The number of hydrogen-bond donors (Lipinski definition) is 3. The van der Waals surface area contributed by atoms with E-state index in [2.05, 4.69) is 9.97 Å². The Bertz CT molecular complexity index is 711. The molecule has 25 heavy (non-hydrogen) atoms. The van der Waals surface area contributed by atoms with E-state index in [1.54, 1.807) is 0 Å². The van der Waals surface area contributed by atoms with Gasteiger partial charge in [-0.2, -0.15) is 5.26 Å². The van der Waals surface area contributed by atoms with E-state index in [1.807, 2.05) is 18.2 Å². The average molecular weight is 385 g/mol. The Morgan fingerprint density at radius 1 is 1.08 bits per heavy atom. The monoisotopic (exact) mass is 384 g/mol. The fourth-order valence-electron chi connectivity index (χ4n) is 1.93. The van der Waals surface area contributed by atoms with Crippen LogP contribution in [0.15, 0.2) is 24.3 Å². The second-order valence-corrected chi connectivity index (χ2v) is 5.30. The minimum absolute atomic E-state index is 0. The summed E-state index contributed by atoms with van der Waals surface area (Å²) in [7, 11) is 0.